The summed E-state index contributed by atoms with van der Waals surface area (Å²) in [5.41, 5.74) is 0.678. The molecule has 0 unspecified atom stereocenters. The van der Waals surface area contributed by atoms with E-state index in [1.165, 1.54) is 43.2 Å². The second kappa shape index (κ2) is 7.54. The molecule has 1 aromatic carbocycles. The molecule has 2 saturated heterocycles. The van der Waals surface area contributed by atoms with Crippen LogP contribution in [0.2, 0.25) is 0 Å². The Morgan fingerprint density at radius 1 is 1.15 bits per heavy atom. The van der Waals surface area contributed by atoms with Gasteiger partial charge in [0.25, 0.3) is 0 Å². The number of thioether (sulfide) groups is 1. The van der Waals surface area contributed by atoms with Crippen LogP contribution in [0.25, 0.3) is 0 Å². The summed E-state index contributed by atoms with van der Waals surface area (Å²) >= 11 is 1.36. The van der Waals surface area contributed by atoms with Crippen molar-refractivity contribution in [3.63, 3.8) is 0 Å². The van der Waals surface area contributed by atoms with Crippen molar-refractivity contribution >= 4 is 38.4 Å². The third-order valence-electron chi connectivity index (χ3n) is 5.58. The van der Waals surface area contributed by atoms with E-state index >= 15 is 0 Å². The van der Waals surface area contributed by atoms with Crippen molar-refractivity contribution < 1.29 is 17.6 Å². The maximum Gasteiger partial charge on any atom is 0.248 e. The van der Waals surface area contributed by atoms with Crippen LogP contribution >= 0.6 is 11.8 Å². The Labute approximate surface area is 163 Å². The Hall–Kier alpha value is -1.41. The van der Waals surface area contributed by atoms with Crippen molar-refractivity contribution in [2.45, 2.75) is 49.8 Å². The van der Waals surface area contributed by atoms with E-state index in [1.807, 2.05) is 4.90 Å². The van der Waals surface area contributed by atoms with Gasteiger partial charge in [-0.2, -0.15) is 4.99 Å². The number of halogens is 1. The highest BCUT2D eigenvalue weighted by atomic mass is 32.2. The summed E-state index contributed by atoms with van der Waals surface area (Å²) in [5, 5.41) is 0.411. The number of carbonyl (C=O) groups excluding carboxylic acids is 1. The molecule has 0 spiro atoms. The number of aliphatic imine (C=N–C) groups is 1. The highest BCUT2D eigenvalue weighted by molar-refractivity contribution is 8.16. The Balaban J connectivity index is 1.58. The molecule has 8 heteroatoms. The zero-order valence-corrected chi connectivity index (χ0v) is 16.6. The number of carbonyl (C=O) groups is 1. The van der Waals surface area contributed by atoms with Gasteiger partial charge in [0.05, 0.1) is 17.5 Å². The summed E-state index contributed by atoms with van der Waals surface area (Å²) in [4.78, 5) is 18.7. The number of sulfone groups is 1. The molecule has 5 nitrogen and oxygen atoms in total. The van der Waals surface area contributed by atoms with E-state index in [0.717, 1.165) is 12.8 Å². The highest BCUT2D eigenvalue weighted by Gasteiger charge is 2.49. The molecule has 1 saturated carbocycles. The lowest BCUT2D eigenvalue weighted by atomic mass is 9.87. The largest absolute Gasteiger partial charge is 0.316 e. The maximum atomic E-state index is 13.3. The predicted molar refractivity (Wildman–Crippen MR) is 106 cm³/mol. The summed E-state index contributed by atoms with van der Waals surface area (Å²) in [7, 11) is -3.11. The number of amides is 1. The van der Waals surface area contributed by atoms with E-state index < -0.39 is 9.84 Å². The average molecular weight is 411 g/mol. The molecule has 0 bridgehead atoms. The van der Waals surface area contributed by atoms with E-state index in [0.29, 0.717) is 23.2 Å². The molecule has 3 aliphatic rings. The topological polar surface area (TPSA) is 66.8 Å². The first-order chi connectivity index (χ1) is 12.9. The molecular weight excluding hydrogens is 387 g/mol. The Bertz CT molecular complexity index is 848. The molecule has 1 aromatic rings. The molecule has 3 fully saturated rings. The van der Waals surface area contributed by atoms with Gasteiger partial charge in [0, 0.05) is 17.4 Å². The first-order valence-electron chi connectivity index (χ1n) is 9.45. The lowest BCUT2D eigenvalue weighted by molar-refractivity contribution is -0.118. The van der Waals surface area contributed by atoms with Crippen LogP contribution in [0.3, 0.4) is 0 Å². The molecule has 0 radical (unpaired) electrons. The Kier molecular flexibility index (Phi) is 5.29. The Morgan fingerprint density at radius 2 is 1.85 bits per heavy atom. The number of hydrogen-bond acceptors (Lipinski definition) is 4. The molecule has 0 N–H and O–H groups in total. The molecule has 0 aromatic heterocycles. The first kappa shape index (κ1) is 18.9. The van der Waals surface area contributed by atoms with Gasteiger partial charge in [0.15, 0.2) is 15.0 Å². The highest BCUT2D eigenvalue weighted by Crippen LogP contribution is 2.41. The summed E-state index contributed by atoms with van der Waals surface area (Å²) in [6, 6.07) is 5.66. The summed E-state index contributed by atoms with van der Waals surface area (Å²) in [5.74, 6) is 0.0434. The number of rotatable bonds is 3. The number of anilines is 1. The number of fused-ring (bicyclic) bond motifs is 1. The Morgan fingerprint density at radius 3 is 2.56 bits per heavy atom. The molecular formula is C19H23FN2O3S2. The molecule has 1 aliphatic carbocycles. The molecule has 2 heterocycles. The van der Waals surface area contributed by atoms with Crippen LogP contribution in [0.4, 0.5) is 10.1 Å². The van der Waals surface area contributed by atoms with Crippen LogP contribution in [0.15, 0.2) is 29.3 Å². The quantitative estimate of drug-likeness (QED) is 0.764. The second-order valence-electron chi connectivity index (χ2n) is 7.64. The van der Waals surface area contributed by atoms with Crippen LogP contribution in [-0.2, 0) is 14.6 Å². The number of amidine groups is 1. The normalized spacial score (nSPS) is 29.2. The van der Waals surface area contributed by atoms with Gasteiger partial charge < -0.3 is 4.90 Å². The second-order valence-corrected chi connectivity index (χ2v) is 11.0. The fraction of sp³-hybridized carbons (Fsp3) is 0.579. The number of hydrogen-bond donors (Lipinski definition) is 0. The van der Waals surface area contributed by atoms with Crippen LogP contribution in [-0.4, -0.2) is 42.3 Å². The molecule has 2 aliphatic heterocycles. The zero-order chi connectivity index (χ0) is 19.0. The smallest absolute Gasteiger partial charge is 0.248 e. The van der Waals surface area contributed by atoms with Gasteiger partial charge in [-0.3, -0.25) is 4.79 Å². The van der Waals surface area contributed by atoms with Gasteiger partial charge in [-0.15, -0.1) is 0 Å². The average Bonchev–Trinajstić information content (AvgIpc) is 3.07. The van der Waals surface area contributed by atoms with Crippen molar-refractivity contribution in [1.29, 1.82) is 0 Å². The van der Waals surface area contributed by atoms with Crippen LogP contribution in [0, 0.1) is 11.7 Å². The van der Waals surface area contributed by atoms with Gasteiger partial charge in [0.1, 0.15) is 5.82 Å². The van der Waals surface area contributed by atoms with E-state index in [4.69, 9.17) is 0 Å². The fourth-order valence-corrected chi connectivity index (χ4v) is 8.19. The number of benzene rings is 1. The first-order valence-corrected chi connectivity index (χ1v) is 12.1. The van der Waals surface area contributed by atoms with Crippen molar-refractivity contribution in [1.82, 2.24) is 0 Å². The SMILES string of the molecule is O=C(CC1CCCCC1)N=C1S[C@@H]2CS(=O)(=O)C[C@H]2N1c1ccc(F)cc1. The minimum Gasteiger partial charge on any atom is -0.316 e. The van der Waals surface area contributed by atoms with Crippen molar-refractivity contribution in [3.05, 3.63) is 30.1 Å². The van der Waals surface area contributed by atoms with Crippen LogP contribution < -0.4 is 4.90 Å². The zero-order valence-electron chi connectivity index (χ0n) is 15.0. The van der Waals surface area contributed by atoms with Gasteiger partial charge in [-0.1, -0.05) is 31.0 Å². The summed E-state index contributed by atoms with van der Waals surface area (Å²) < 4.78 is 37.4. The van der Waals surface area contributed by atoms with Crippen molar-refractivity contribution in [2.75, 3.05) is 16.4 Å². The van der Waals surface area contributed by atoms with E-state index in [1.54, 1.807) is 12.1 Å². The van der Waals surface area contributed by atoms with Crippen LogP contribution in [0.1, 0.15) is 38.5 Å². The summed E-state index contributed by atoms with van der Waals surface area (Å²) in [6.07, 6.45) is 6.20. The molecule has 2 atom stereocenters. The molecule has 146 valence electrons. The monoisotopic (exact) mass is 410 g/mol. The molecule has 27 heavy (non-hydrogen) atoms. The van der Waals surface area contributed by atoms with E-state index in [9.17, 15) is 17.6 Å². The third-order valence-corrected chi connectivity index (χ3v) is 8.79. The van der Waals surface area contributed by atoms with Gasteiger partial charge in [-0.05, 0) is 43.0 Å². The molecule has 1 amide bonds. The van der Waals surface area contributed by atoms with Gasteiger partial charge in [0.2, 0.25) is 5.91 Å². The maximum absolute atomic E-state index is 13.3. The van der Waals surface area contributed by atoms with Crippen molar-refractivity contribution in [3.8, 4) is 0 Å². The van der Waals surface area contributed by atoms with E-state index in [-0.39, 0.29) is 34.5 Å². The lowest BCUT2D eigenvalue weighted by Crippen LogP contribution is -2.37. The van der Waals surface area contributed by atoms with Gasteiger partial charge in [-0.25, -0.2) is 12.8 Å². The van der Waals surface area contributed by atoms with Gasteiger partial charge >= 0.3 is 0 Å². The lowest BCUT2D eigenvalue weighted by Gasteiger charge is -2.24. The minimum atomic E-state index is -3.11. The minimum absolute atomic E-state index is 0.0396. The number of nitrogens with zero attached hydrogens (tertiary/aromatic N) is 2. The van der Waals surface area contributed by atoms with E-state index in [2.05, 4.69) is 4.99 Å². The van der Waals surface area contributed by atoms with Crippen LogP contribution in [0.5, 0.6) is 0 Å². The standard InChI is InChI=1S/C19H23FN2O3S2/c20-14-6-8-15(9-7-14)22-16-11-27(24,25)12-17(16)26-19(22)21-18(23)10-13-4-2-1-3-5-13/h6-9,13,16-17H,1-5,10-12H2/t16-,17-/m1/s1. The fourth-order valence-electron chi connectivity index (χ4n) is 4.26. The molecule has 4 rings (SSSR count). The van der Waals surface area contributed by atoms with Crippen molar-refractivity contribution in [2.24, 2.45) is 10.9 Å². The summed E-state index contributed by atoms with van der Waals surface area (Å²) in [6.45, 7) is 0. The predicted octanol–water partition coefficient (Wildman–Crippen LogP) is 3.40. The third kappa shape index (κ3) is 4.21.